The number of benzene rings is 1. The predicted octanol–water partition coefficient (Wildman–Crippen LogP) is 2.22. The molecule has 0 aliphatic heterocycles. The Hall–Kier alpha value is -1.06. The number of ether oxygens (including phenoxy) is 1. The zero-order valence-corrected chi connectivity index (χ0v) is 12.1. The summed E-state index contributed by atoms with van der Waals surface area (Å²) in [5.41, 5.74) is 3.53. The van der Waals surface area contributed by atoms with Crippen molar-refractivity contribution in [1.29, 1.82) is 0 Å². The highest BCUT2D eigenvalue weighted by molar-refractivity contribution is 5.41. The number of hydrogen-bond acceptors (Lipinski definition) is 3. The smallest absolute Gasteiger partial charge is 0.122 e. The maximum absolute atomic E-state index is 9.18. The molecule has 0 heterocycles. The summed E-state index contributed by atoms with van der Waals surface area (Å²) < 4.78 is 5.31. The fourth-order valence-corrected chi connectivity index (χ4v) is 1.93. The van der Waals surface area contributed by atoms with Crippen LogP contribution in [-0.4, -0.2) is 30.9 Å². The monoisotopic (exact) mass is 251 g/mol. The summed E-state index contributed by atoms with van der Waals surface area (Å²) in [7, 11) is 1.70. The largest absolute Gasteiger partial charge is 0.496 e. The Labute approximate surface area is 110 Å². The van der Waals surface area contributed by atoms with Crippen molar-refractivity contribution in [3.8, 4) is 5.75 Å². The van der Waals surface area contributed by atoms with Crippen LogP contribution >= 0.6 is 0 Å². The molecule has 1 aromatic carbocycles. The Bertz CT molecular complexity index is 400. The van der Waals surface area contributed by atoms with E-state index in [0.717, 1.165) is 18.7 Å². The van der Waals surface area contributed by atoms with Crippen LogP contribution in [0.15, 0.2) is 12.1 Å². The lowest BCUT2D eigenvalue weighted by Crippen LogP contribution is -2.43. The van der Waals surface area contributed by atoms with Crippen LogP contribution in [0.1, 0.15) is 30.5 Å². The molecule has 0 aliphatic carbocycles. The molecule has 0 bridgehead atoms. The molecule has 0 unspecified atom stereocenters. The molecular weight excluding hydrogens is 226 g/mol. The van der Waals surface area contributed by atoms with E-state index >= 15 is 0 Å². The molecule has 0 fully saturated rings. The van der Waals surface area contributed by atoms with Gasteiger partial charge in [-0.1, -0.05) is 6.07 Å². The first kappa shape index (κ1) is 15.0. The van der Waals surface area contributed by atoms with Crippen molar-refractivity contribution in [2.75, 3.05) is 20.3 Å². The normalized spacial score (nSPS) is 11.7. The number of hydrogen-bond donors (Lipinski definition) is 2. The van der Waals surface area contributed by atoms with E-state index in [2.05, 4.69) is 31.3 Å². The van der Waals surface area contributed by atoms with E-state index in [1.54, 1.807) is 7.11 Å². The molecule has 0 amide bonds. The molecule has 3 heteroatoms. The van der Waals surface area contributed by atoms with Crippen molar-refractivity contribution in [2.45, 2.75) is 39.7 Å². The first-order valence-electron chi connectivity index (χ1n) is 6.39. The molecule has 3 nitrogen and oxygen atoms in total. The van der Waals surface area contributed by atoms with Gasteiger partial charge in [0.15, 0.2) is 0 Å². The third kappa shape index (κ3) is 4.00. The molecule has 0 aliphatic rings. The van der Waals surface area contributed by atoms with E-state index < -0.39 is 0 Å². The highest BCUT2D eigenvalue weighted by atomic mass is 16.5. The van der Waals surface area contributed by atoms with Crippen LogP contribution in [0.25, 0.3) is 0 Å². The topological polar surface area (TPSA) is 41.5 Å². The highest BCUT2D eigenvalue weighted by Gasteiger charge is 2.14. The second-order valence-corrected chi connectivity index (χ2v) is 5.47. The number of aryl methyl sites for hydroxylation is 2. The van der Waals surface area contributed by atoms with Gasteiger partial charge in [-0.05, 0) is 63.4 Å². The van der Waals surface area contributed by atoms with E-state index in [-0.39, 0.29) is 12.1 Å². The molecule has 0 saturated carbocycles. The summed E-state index contributed by atoms with van der Waals surface area (Å²) in [6.45, 7) is 9.17. The molecule has 0 saturated heterocycles. The molecule has 1 aromatic rings. The molecule has 0 aromatic heterocycles. The quantitative estimate of drug-likeness (QED) is 0.814. The lowest BCUT2D eigenvalue weighted by Gasteiger charge is -2.23. The summed E-state index contributed by atoms with van der Waals surface area (Å²) in [6.07, 6.45) is 0.958. The summed E-state index contributed by atoms with van der Waals surface area (Å²) >= 11 is 0. The standard InChI is InChI=1S/C15H25NO2/c1-11-9-14(18-5)12(2)8-13(11)6-7-16-15(3,4)10-17/h8-9,16-17H,6-7,10H2,1-5H3. The molecule has 2 N–H and O–H groups in total. The lowest BCUT2D eigenvalue weighted by atomic mass is 10.0. The number of methoxy groups -OCH3 is 1. The second-order valence-electron chi connectivity index (χ2n) is 5.47. The SMILES string of the molecule is COc1cc(C)c(CCNC(C)(C)CO)cc1C. The fraction of sp³-hybridized carbons (Fsp3) is 0.600. The van der Waals surface area contributed by atoms with Crippen LogP contribution in [0.2, 0.25) is 0 Å². The van der Waals surface area contributed by atoms with E-state index in [0.29, 0.717) is 0 Å². The van der Waals surface area contributed by atoms with Gasteiger partial charge in [-0.3, -0.25) is 0 Å². The van der Waals surface area contributed by atoms with Crippen LogP contribution < -0.4 is 10.1 Å². The Morgan fingerprint density at radius 2 is 1.89 bits per heavy atom. The third-order valence-electron chi connectivity index (χ3n) is 3.25. The number of nitrogens with one attached hydrogen (secondary N) is 1. The van der Waals surface area contributed by atoms with Crippen molar-refractivity contribution in [3.63, 3.8) is 0 Å². The molecule has 102 valence electrons. The molecule has 0 radical (unpaired) electrons. The predicted molar refractivity (Wildman–Crippen MR) is 75.3 cm³/mol. The Balaban J connectivity index is 2.66. The van der Waals surface area contributed by atoms with Gasteiger partial charge in [0, 0.05) is 5.54 Å². The number of rotatable bonds is 6. The second kappa shape index (κ2) is 6.21. The number of aliphatic hydroxyl groups excluding tert-OH is 1. The van der Waals surface area contributed by atoms with Gasteiger partial charge in [0.1, 0.15) is 5.75 Å². The third-order valence-corrected chi connectivity index (χ3v) is 3.25. The lowest BCUT2D eigenvalue weighted by molar-refractivity contribution is 0.189. The average molecular weight is 251 g/mol. The first-order chi connectivity index (χ1) is 8.39. The molecule has 0 atom stereocenters. The van der Waals surface area contributed by atoms with E-state index in [1.807, 2.05) is 13.8 Å². The highest BCUT2D eigenvalue weighted by Crippen LogP contribution is 2.22. The molecular formula is C15H25NO2. The minimum absolute atomic E-state index is 0.146. The summed E-state index contributed by atoms with van der Waals surface area (Å²) in [5, 5.41) is 12.5. The van der Waals surface area contributed by atoms with Gasteiger partial charge < -0.3 is 15.2 Å². The molecule has 18 heavy (non-hydrogen) atoms. The van der Waals surface area contributed by atoms with Crippen molar-refractivity contribution in [1.82, 2.24) is 5.32 Å². The van der Waals surface area contributed by atoms with Crippen LogP contribution in [-0.2, 0) is 6.42 Å². The van der Waals surface area contributed by atoms with Gasteiger partial charge >= 0.3 is 0 Å². The van der Waals surface area contributed by atoms with Gasteiger partial charge in [-0.2, -0.15) is 0 Å². The van der Waals surface area contributed by atoms with Crippen molar-refractivity contribution >= 4 is 0 Å². The van der Waals surface area contributed by atoms with Gasteiger partial charge in [0.25, 0.3) is 0 Å². The Kier molecular flexibility index (Phi) is 5.17. The Morgan fingerprint density at radius 3 is 2.44 bits per heavy atom. The molecule has 0 spiro atoms. The first-order valence-corrected chi connectivity index (χ1v) is 6.39. The van der Waals surface area contributed by atoms with Crippen LogP contribution in [0.3, 0.4) is 0 Å². The zero-order chi connectivity index (χ0) is 13.8. The maximum atomic E-state index is 9.18. The van der Waals surface area contributed by atoms with Crippen LogP contribution in [0.4, 0.5) is 0 Å². The van der Waals surface area contributed by atoms with E-state index in [9.17, 15) is 5.11 Å². The van der Waals surface area contributed by atoms with Gasteiger partial charge in [0.05, 0.1) is 13.7 Å². The van der Waals surface area contributed by atoms with Crippen molar-refractivity contribution in [2.24, 2.45) is 0 Å². The zero-order valence-electron chi connectivity index (χ0n) is 12.1. The van der Waals surface area contributed by atoms with Crippen LogP contribution in [0, 0.1) is 13.8 Å². The van der Waals surface area contributed by atoms with Gasteiger partial charge in [0.2, 0.25) is 0 Å². The Morgan fingerprint density at radius 1 is 1.22 bits per heavy atom. The summed E-state index contributed by atoms with van der Waals surface area (Å²) in [5.74, 6) is 0.944. The van der Waals surface area contributed by atoms with E-state index in [4.69, 9.17) is 4.74 Å². The minimum atomic E-state index is -0.213. The van der Waals surface area contributed by atoms with Crippen molar-refractivity contribution in [3.05, 3.63) is 28.8 Å². The van der Waals surface area contributed by atoms with Crippen LogP contribution in [0.5, 0.6) is 5.75 Å². The molecule has 1 rings (SSSR count). The maximum Gasteiger partial charge on any atom is 0.122 e. The van der Waals surface area contributed by atoms with Crippen molar-refractivity contribution < 1.29 is 9.84 Å². The number of aliphatic hydroxyl groups is 1. The van der Waals surface area contributed by atoms with E-state index in [1.165, 1.54) is 16.7 Å². The average Bonchev–Trinajstić information content (AvgIpc) is 2.33. The van der Waals surface area contributed by atoms with Gasteiger partial charge in [-0.15, -0.1) is 0 Å². The fourth-order valence-electron chi connectivity index (χ4n) is 1.93. The summed E-state index contributed by atoms with van der Waals surface area (Å²) in [6, 6.07) is 4.27. The minimum Gasteiger partial charge on any atom is -0.496 e. The van der Waals surface area contributed by atoms with Gasteiger partial charge in [-0.25, -0.2) is 0 Å². The summed E-state index contributed by atoms with van der Waals surface area (Å²) in [4.78, 5) is 0.